The van der Waals surface area contributed by atoms with Crippen LogP contribution < -0.4 is 4.72 Å². The molecule has 0 aliphatic carbocycles. The van der Waals surface area contributed by atoms with Crippen LogP contribution in [0.5, 0.6) is 0 Å². The van der Waals surface area contributed by atoms with Gasteiger partial charge in [-0.2, -0.15) is 4.72 Å². The molecule has 88 valence electrons. The molecule has 2 N–H and O–H groups in total. The zero-order valence-electron chi connectivity index (χ0n) is 8.18. The SMILES string of the molecule is O=C(O)CNS(=O)(=O)c1cccc(CF)c1. The summed E-state index contributed by atoms with van der Waals surface area (Å²) in [6.45, 7) is -1.48. The topological polar surface area (TPSA) is 83.5 Å². The lowest BCUT2D eigenvalue weighted by Gasteiger charge is -2.05. The van der Waals surface area contributed by atoms with E-state index >= 15 is 0 Å². The molecule has 5 nitrogen and oxygen atoms in total. The Labute approximate surface area is 92.0 Å². The summed E-state index contributed by atoms with van der Waals surface area (Å²) >= 11 is 0. The number of sulfonamides is 1. The largest absolute Gasteiger partial charge is 0.480 e. The Kier molecular flexibility index (Phi) is 3.97. The maximum atomic E-state index is 12.3. The molecule has 0 saturated carbocycles. The van der Waals surface area contributed by atoms with E-state index < -0.39 is 29.2 Å². The Morgan fingerprint density at radius 2 is 2.12 bits per heavy atom. The average molecular weight is 247 g/mol. The first-order valence-electron chi connectivity index (χ1n) is 4.32. The summed E-state index contributed by atoms with van der Waals surface area (Å²) in [5.74, 6) is -1.29. The van der Waals surface area contributed by atoms with Crippen LogP contribution >= 0.6 is 0 Å². The Morgan fingerprint density at radius 1 is 1.44 bits per heavy atom. The van der Waals surface area contributed by atoms with Crippen LogP contribution in [0.15, 0.2) is 29.2 Å². The summed E-state index contributed by atoms with van der Waals surface area (Å²) in [5, 5.41) is 8.34. The van der Waals surface area contributed by atoms with Gasteiger partial charge in [0.15, 0.2) is 0 Å². The molecule has 7 heteroatoms. The molecule has 0 aromatic heterocycles. The third-order valence-corrected chi connectivity index (χ3v) is 3.18. The van der Waals surface area contributed by atoms with Crippen molar-refractivity contribution in [2.75, 3.05) is 6.54 Å². The Balaban J connectivity index is 2.93. The first-order chi connectivity index (χ1) is 7.45. The van der Waals surface area contributed by atoms with Gasteiger partial charge in [-0.05, 0) is 17.7 Å². The number of carboxylic acid groups (broad SMARTS) is 1. The van der Waals surface area contributed by atoms with E-state index in [-0.39, 0.29) is 10.5 Å². The second-order valence-electron chi connectivity index (χ2n) is 3.00. The minimum absolute atomic E-state index is 0.149. The predicted octanol–water partition coefficient (Wildman–Crippen LogP) is 0.519. The lowest BCUT2D eigenvalue weighted by molar-refractivity contribution is -0.135. The van der Waals surface area contributed by atoms with Gasteiger partial charge in [-0.3, -0.25) is 4.79 Å². The number of benzene rings is 1. The van der Waals surface area contributed by atoms with E-state index in [9.17, 15) is 17.6 Å². The number of hydrogen-bond acceptors (Lipinski definition) is 3. The molecule has 0 unspecified atom stereocenters. The molecule has 0 bridgehead atoms. The van der Waals surface area contributed by atoms with E-state index in [1.54, 1.807) is 0 Å². The van der Waals surface area contributed by atoms with Gasteiger partial charge in [-0.1, -0.05) is 12.1 Å². The molecule has 0 atom stereocenters. The molecular formula is C9H10FNO4S. The van der Waals surface area contributed by atoms with Crippen molar-refractivity contribution in [3.05, 3.63) is 29.8 Å². The fourth-order valence-electron chi connectivity index (χ4n) is 1.04. The molecule has 0 aliphatic heterocycles. The highest BCUT2D eigenvalue weighted by molar-refractivity contribution is 7.89. The van der Waals surface area contributed by atoms with Crippen LogP contribution in [0, 0.1) is 0 Å². The standard InChI is InChI=1S/C9H10FNO4S/c10-5-7-2-1-3-8(4-7)16(14,15)11-6-9(12)13/h1-4,11H,5-6H2,(H,12,13). The van der Waals surface area contributed by atoms with Gasteiger partial charge in [-0.25, -0.2) is 12.8 Å². The molecule has 1 aromatic carbocycles. The zero-order chi connectivity index (χ0) is 12.2. The van der Waals surface area contributed by atoms with Crippen molar-refractivity contribution in [3.8, 4) is 0 Å². The van der Waals surface area contributed by atoms with Crippen LogP contribution in [0.2, 0.25) is 0 Å². The highest BCUT2D eigenvalue weighted by Crippen LogP contribution is 2.11. The van der Waals surface area contributed by atoms with Crippen molar-refractivity contribution < 1.29 is 22.7 Å². The molecule has 1 rings (SSSR count). The fraction of sp³-hybridized carbons (Fsp3) is 0.222. The first-order valence-corrected chi connectivity index (χ1v) is 5.80. The van der Waals surface area contributed by atoms with E-state index in [1.807, 2.05) is 4.72 Å². The number of carbonyl (C=O) groups is 1. The summed E-state index contributed by atoms with van der Waals surface area (Å²) < 4.78 is 37.2. The smallest absolute Gasteiger partial charge is 0.318 e. The lowest BCUT2D eigenvalue weighted by Crippen LogP contribution is -2.29. The van der Waals surface area contributed by atoms with Gasteiger partial charge >= 0.3 is 5.97 Å². The van der Waals surface area contributed by atoms with Gasteiger partial charge in [0.05, 0.1) is 4.90 Å². The number of hydrogen-bond donors (Lipinski definition) is 2. The number of aliphatic carboxylic acids is 1. The molecule has 16 heavy (non-hydrogen) atoms. The van der Waals surface area contributed by atoms with Crippen LogP contribution in [-0.4, -0.2) is 26.0 Å². The van der Waals surface area contributed by atoms with E-state index in [0.29, 0.717) is 0 Å². The minimum Gasteiger partial charge on any atom is -0.480 e. The van der Waals surface area contributed by atoms with E-state index in [0.717, 1.165) is 6.07 Å². The van der Waals surface area contributed by atoms with Crippen molar-refractivity contribution in [1.82, 2.24) is 4.72 Å². The molecule has 0 heterocycles. The molecule has 0 spiro atoms. The molecule has 1 aromatic rings. The highest BCUT2D eigenvalue weighted by Gasteiger charge is 2.15. The van der Waals surface area contributed by atoms with Gasteiger partial charge in [0.2, 0.25) is 10.0 Å². The van der Waals surface area contributed by atoms with Gasteiger partial charge < -0.3 is 5.11 Å². The van der Waals surface area contributed by atoms with Gasteiger partial charge in [0.25, 0.3) is 0 Å². The number of carboxylic acids is 1. The van der Waals surface area contributed by atoms with Crippen LogP contribution in [0.3, 0.4) is 0 Å². The van der Waals surface area contributed by atoms with Crippen molar-refractivity contribution >= 4 is 16.0 Å². The Hall–Kier alpha value is -1.47. The third kappa shape index (κ3) is 3.28. The van der Waals surface area contributed by atoms with Gasteiger partial charge in [0.1, 0.15) is 13.2 Å². The molecule has 0 fully saturated rings. The first kappa shape index (κ1) is 12.6. The summed E-state index contributed by atoms with van der Waals surface area (Å²) in [6.07, 6.45) is 0. The Morgan fingerprint density at radius 3 is 2.69 bits per heavy atom. The molecule has 0 saturated heterocycles. The molecule has 0 radical (unpaired) electrons. The number of halogens is 1. The molecule has 0 aliphatic rings. The maximum absolute atomic E-state index is 12.3. The van der Waals surface area contributed by atoms with Crippen LogP contribution in [0.25, 0.3) is 0 Å². The molecular weight excluding hydrogens is 237 g/mol. The Bertz CT molecular complexity index is 486. The van der Waals surface area contributed by atoms with E-state index in [4.69, 9.17) is 5.11 Å². The second-order valence-corrected chi connectivity index (χ2v) is 4.77. The van der Waals surface area contributed by atoms with Crippen molar-refractivity contribution in [2.45, 2.75) is 11.6 Å². The normalized spacial score (nSPS) is 11.3. The second kappa shape index (κ2) is 5.04. The van der Waals surface area contributed by atoms with Crippen LogP contribution in [0.1, 0.15) is 5.56 Å². The highest BCUT2D eigenvalue weighted by atomic mass is 32.2. The summed E-state index contributed by atoms with van der Waals surface area (Å²) in [6, 6.07) is 5.26. The lowest BCUT2D eigenvalue weighted by atomic mass is 10.2. The fourth-order valence-corrected chi connectivity index (χ4v) is 2.08. The zero-order valence-corrected chi connectivity index (χ0v) is 9.00. The van der Waals surface area contributed by atoms with Crippen molar-refractivity contribution in [3.63, 3.8) is 0 Å². The monoisotopic (exact) mass is 247 g/mol. The van der Waals surface area contributed by atoms with Gasteiger partial charge in [0, 0.05) is 0 Å². The maximum Gasteiger partial charge on any atom is 0.318 e. The average Bonchev–Trinajstić information content (AvgIpc) is 2.27. The minimum atomic E-state index is -3.89. The van der Waals surface area contributed by atoms with E-state index in [2.05, 4.69) is 0 Å². The molecule has 0 amide bonds. The van der Waals surface area contributed by atoms with Crippen LogP contribution in [0.4, 0.5) is 4.39 Å². The summed E-state index contributed by atoms with van der Waals surface area (Å²) in [7, 11) is -3.89. The van der Waals surface area contributed by atoms with E-state index in [1.165, 1.54) is 18.2 Å². The summed E-state index contributed by atoms with van der Waals surface area (Å²) in [5.41, 5.74) is 0.221. The number of alkyl halides is 1. The summed E-state index contributed by atoms with van der Waals surface area (Å²) in [4.78, 5) is 10.1. The number of nitrogens with one attached hydrogen (secondary N) is 1. The third-order valence-electron chi connectivity index (χ3n) is 1.78. The number of rotatable bonds is 5. The predicted molar refractivity (Wildman–Crippen MR) is 54.1 cm³/mol. The van der Waals surface area contributed by atoms with Gasteiger partial charge in [-0.15, -0.1) is 0 Å². The van der Waals surface area contributed by atoms with Crippen molar-refractivity contribution in [2.24, 2.45) is 0 Å². The van der Waals surface area contributed by atoms with Crippen LogP contribution in [-0.2, 0) is 21.5 Å². The van der Waals surface area contributed by atoms with Crippen molar-refractivity contribution in [1.29, 1.82) is 0 Å². The quantitative estimate of drug-likeness (QED) is 0.794.